The molecule has 0 aliphatic heterocycles. The second kappa shape index (κ2) is 9.66. The summed E-state index contributed by atoms with van der Waals surface area (Å²) in [6.45, 7) is 0.967. The number of hydrogen-bond acceptors (Lipinski definition) is 5. The lowest BCUT2D eigenvalue weighted by Crippen LogP contribution is -2.32. The molecule has 156 valence electrons. The van der Waals surface area contributed by atoms with Crippen molar-refractivity contribution >= 4 is 33.6 Å². The lowest BCUT2D eigenvalue weighted by molar-refractivity contribution is -0.127. The van der Waals surface area contributed by atoms with E-state index in [9.17, 15) is 4.79 Å². The van der Waals surface area contributed by atoms with E-state index >= 15 is 0 Å². The Hall–Kier alpha value is -2.32. The standard InChI is InChI=1S/C22H23BrN4O2S/c1-26(13-14-29-19-11-9-17(23)10-12-19)20(28)15-30-22-25-24-21(16-7-8-16)27(22)18-5-3-2-4-6-18/h2-6,9-12,16H,7-8,13-15H2,1H3. The zero-order valence-corrected chi connectivity index (χ0v) is 19.1. The van der Waals surface area contributed by atoms with Gasteiger partial charge >= 0.3 is 0 Å². The van der Waals surface area contributed by atoms with Gasteiger partial charge in [-0.2, -0.15) is 0 Å². The number of carbonyl (C=O) groups excluding carboxylic acids is 1. The van der Waals surface area contributed by atoms with E-state index in [0.29, 0.717) is 24.8 Å². The van der Waals surface area contributed by atoms with Crippen LogP contribution in [0.25, 0.3) is 5.69 Å². The molecule has 1 aromatic heterocycles. The fourth-order valence-electron chi connectivity index (χ4n) is 2.99. The number of para-hydroxylation sites is 1. The maximum atomic E-state index is 12.6. The molecule has 6 nitrogen and oxygen atoms in total. The van der Waals surface area contributed by atoms with E-state index in [0.717, 1.165) is 39.7 Å². The Morgan fingerprint density at radius 2 is 1.90 bits per heavy atom. The highest BCUT2D eigenvalue weighted by molar-refractivity contribution is 9.10. The Morgan fingerprint density at radius 1 is 1.17 bits per heavy atom. The van der Waals surface area contributed by atoms with Gasteiger partial charge in [0.05, 0.1) is 12.3 Å². The number of rotatable bonds is 9. The molecule has 0 bridgehead atoms. The number of carbonyl (C=O) groups is 1. The molecule has 1 aliphatic carbocycles. The van der Waals surface area contributed by atoms with Crippen molar-refractivity contribution in [1.82, 2.24) is 19.7 Å². The van der Waals surface area contributed by atoms with Crippen molar-refractivity contribution in [3.05, 3.63) is 64.9 Å². The highest BCUT2D eigenvalue weighted by Crippen LogP contribution is 2.41. The quantitative estimate of drug-likeness (QED) is 0.415. The molecule has 0 spiro atoms. The molecule has 1 saturated carbocycles. The van der Waals surface area contributed by atoms with Gasteiger partial charge in [0.1, 0.15) is 18.2 Å². The maximum absolute atomic E-state index is 12.6. The molecular weight excluding hydrogens is 464 g/mol. The first kappa shape index (κ1) is 20.9. The first-order valence-corrected chi connectivity index (χ1v) is 11.7. The third-order valence-electron chi connectivity index (χ3n) is 4.87. The first-order chi connectivity index (χ1) is 14.6. The maximum Gasteiger partial charge on any atom is 0.232 e. The minimum Gasteiger partial charge on any atom is -0.492 e. The van der Waals surface area contributed by atoms with Gasteiger partial charge in [0.25, 0.3) is 0 Å². The molecule has 30 heavy (non-hydrogen) atoms. The fourth-order valence-corrected chi connectivity index (χ4v) is 4.16. The summed E-state index contributed by atoms with van der Waals surface area (Å²) in [6, 6.07) is 17.8. The fraction of sp³-hybridized carbons (Fsp3) is 0.318. The highest BCUT2D eigenvalue weighted by Gasteiger charge is 2.31. The summed E-state index contributed by atoms with van der Waals surface area (Å²) in [5.41, 5.74) is 1.04. The SMILES string of the molecule is CN(CCOc1ccc(Br)cc1)C(=O)CSc1nnc(C2CC2)n1-c1ccccc1. The number of nitrogens with zero attached hydrogens (tertiary/aromatic N) is 4. The van der Waals surface area contributed by atoms with Crippen molar-refractivity contribution in [3.63, 3.8) is 0 Å². The molecule has 4 rings (SSSR count). The van der Waals surface area contributed by atoms with Crippen molar-refractivity contribution in [3.8, 4) is 11.4 Å². The molecule has 0 N–H and O–H groups in total. The van der Waals surface area contributed by atoms with Crippen molar-refractivity contribution in [1.29, 1.82) is 0 Å². The van der Waals surface area contributed by atoms with Gasteiger partial charge in [-0.05, 0) is 49.2 Å². The molecule has 1 aliphatic rings. The van der Waals surface area contributed by atoms with Gasteiger partial charge in [-0.25, -0.2) is 0 Å². The van der Waals surface area contributed by atoms with E-state index in [1.807, 2.05) is 54.6 Å². The Bertz CT molecular complexity index is 990. The van der Waals surface area contributed by atoms with Gasteiger partial charge in [0.2, 0.25) is 5.91 Å². The van der Waals surface area contributed by atoms with Crippen LogP contribution in [-0.2, 0) is 4.79 Å². The van der Waals surface area contributed by atoms with Crippen LogP contribution in [0.2, 0.25) is 0 Å². The van der Waals surface area contributed by atoms with E-state index in [4.69, 9.17) is 4.74 Å². The van der Waals surface area contributed by atoms with Gasteiger partial charge in [-0.15, -0.1) is 10.2 Å². The van der Waals surface area contributed by atoms with E-state index in [1.165, 1.54) is 11.8 Å². The summed E-state index contributed by atoms with van der Waals surface area (Å²) < 4.78 is 8.81. The number of halogens is 1. The largest absolute Gasteiger partial charge is 0.492 e. The second-order valence-corrected chi connectivity index (χ2v) is 9.05. The Labute approximate surface area is 188 Å². The summed E-state index contributed by atoms with van der Waals surface area (Å²) in [5.74, 6) is 2.60. The average molecular weight is 487 g/mol. The van der Waals surface area contributed by atoms with Crippen LogP contribution in [0.1, 0.15) is 24.6 Å². The van der Waals surface area contributed by atoms with Crippen molar-refractivity contribution in [2.75, 3.05) is 26.0 Å². The summed E-state index contributed by atoms with van der Waals surface area (Å²) in [5, 5.41) is 9.54. The van der Waals surface area contributed by atoms with Gasteiger partial charge < -0.3 is 9.64 Å². The predicted molar refractivity (Wildman–Crippen MR) is 121 cm³/mol. The molecule has 1 heterocycles. The third-order valence-corrected chi connectivity index (χ3v) is 6.32. The van der Waals surface area contributed by atoms with Crippen LogP contribution in [-0.4, -0.2) is 51.5 Å². The van der Waals surface area contributed by atoms with Crippen LogP contribution in [0, 0.1) is 0 Å². The molecule has 0 atom stereocenters. The molecule has 3 aromatic rings. The summed E-state index contributed by atoms with van der Waals surface area (Å²) in [7, 11) is 1.80. The van der Waals surface area contributed by atoms with Crippen molar-refractivity contribution in [2.45, 2.75) is 23.9 Å². The van der Waals surface area contributed by atoms with Crippen molar-refractivity contribution in [2.24, 2.45) is 0 Å². The molecule has 0 radical (unpaired) electrons. The number of likely N-dealkylation sites (N-methyl/N-ethyl adjacent to an activating group) is 1. The molecule has 2 aromatic carbocycles. The van der Waals surface area contributed by atoms with E-state index < -0.39 is 0 Å². The number of ether oxygens (including phenoxy) is 1. The van der Waals surface area contributed by atoms with Gasteiger partial charge in [0.15, 0.2) is 5.16 Å². The molecule has 1 amide bonds. The normalized spacial score (nSPS) is 13.3. The van der Waals surface area contributed by atoms with Crippen LogP contribution in [0.5, 0.6) is 5.75 Å². The van der Waals surface area contributed by atoms with E-state index in [-0.39, 0.29) is 5.91 Å². The van der Waals surface area contributed by atoms with Crippen molar-refractivity contribution < 1.29 is 9.53 Å². The summed E-state index contributed by atoms with van der Waals surface area (Å²) >= 11 is 4.83. The minimum atomic E-state index is 0.0370. The zero-order chi connectivity index (χ0) is 20.9. The molecular formula is C22H23BrN4O2S. The number of benzene rings is 2. The first-order valence-electron chi connectivity index (χ1n) is 9.87. The number of amides is 1. The van der Waals surface area contributed by atoms with Crippen LogP contribution >= 0.6 is 27.7 Å². The second-order valence-electron chi connectivity index (χ2n) is 7.19. The topological polar surface area (TPSA) is 60.2 Å². The molecule has 0 saturated heterocycles. The third kappa shape index (κ3) is 5.23. The van der Waals surface area contributed by atoms with Crippen LogP contribution in [0.15, 0.2) is 64.2 Å². The van der Waals surface area contributed by atoms with Gasteiger partial charge in [0, 0.05) is 23.1 Å². The summed E-state index contributed by atoms with van der Waals surface area (Å²) in [4.78, 5) is 14.3. The number of thioether (sulfide) groups is 1. The predicted octanol–water partition coefficient (Wildman–Crippen LogP) is 4.54. The van der Waals surface area contributed by atoms with Crippen LogP contribution in [0.4, 0.5) is 0 Å². The highest BCUT2D eigenvalue weighted by atomic mass is 79.9. The minimum absolute atomic E-state index is 0.0370. The lowest BCUT2D eigenvalue weighted by atomic mass is 10.3. The van der Waals surface area contributed by atoms with Gasteiger partial charge in [-0.3, -0.25) is 9.36 Å². The smallest absolute Gasteiger partial charge is 0.232 e. The Morgan fingerprint density at radius 3 is 2.60 bits per heavy atom. The Balaban J connectivity index is 1.33. The number of hydrogen-bond donors (Lipinski definition) is 0. The molecule has 1 fully saturated rings. The van der Waals surface area contributed by atoms with E-state index in [2.05, 4.69) is 30.7 Å². The average Bonchev–Trinajstić information content (AvgIpc) is 3.53. The lowest BCUT2D eigenvalue weighted by Gasteiger charge is -2.17. The van der Waals surface area contributed by atoms with Crippen LogP contribution in [0.3, 0.4) is 0 Å². The molecule has 0 unspecified atom stereocenters. The Kier molecular flexibility index (Phi) is 6.74. The van der Waals surface area contributed by atoms with Gasteiger partial charge in [-0.1, -0.05) is 45.9 Å². The van der Waals surface area contributed by atoms with E-state index in [1.54, 1.807) is 11.9 Å². The van der Waals surface area contributed by atoms with Crippen LogP contribution < -0.4 is 4.74 Å². The zero-order valence-electron chi connectivity index (χ0n) is 16.7. The summed E-state index contributed by atoms with van der Waals surface area (Å²) in [6.07, 6.45) is 2.30. The number of aromatic nitrogens is 3. The monoisotopic (exact) mass is 486 g/mol. The molecule has 8 heteroatoms.